The highest BCUT2D eigenvalue weighted by Gasteiger charge is 2.35. The van der Waals surface area contributed by atoms with Crippen LogP contribution in [-0.4, -0.2) is 32.3 Å². The van der Waals surface area contributed by atoms with E-state index in [9.17, 15) is 4.39 Å². The minimum absolute atomic E-state index is 0.246. The first kappa shape index (κ1) is 14.6. The van der Waals surface area contributed by atoms with Gasteiger partial charge in [-0.2, -0.15) is 0 Å². The van der Waals surface area contributed by atoms with Crippen LogP contribution in [0.4, 0.5) is 10.1 Å². The average molecular weight is 292 g/mol. The van der Waals surface area contributed by atoms with Gasteiger partial charge in [0.1, 0.15) is 0 Å². The van der Waals surface area contributed by atoms with Crippen LogP contribution in [-0.2, 0) is 0 Å². The Hall–Kier alpha value is -1.29. The maximum absolute atomic E-state index is 13.6. The molecule has 1 saturated carbocycles. The maximum atomic E-state index is 13.6. The molecule has 1 aliphatic heterocycles. The Labute approximate surface area is 126 Å². The minimum atomic E-state index is -0.290. The van der Waals surface area contributed by atoms with Crippen molar-refractivity contribution in [2.45, 2.75) is 44.1 Å². The summed E-state index contributed by atoms with van der Waals surface area (Å²) >= 11 is 0. The van der Waals surface area contributed by atoms with E-state index in [1.807, 2.05) is 12.1 Å². The van der Waals surface area contributed by atoms with E-state index in [-0.39, 0.29) is 11.4 Å². The Bertz CT molecular complexity index is 486. The second-order valence-electron chi connectivity index (χ2n) is 6.36. The van der Waals surface area contributed by atoms with Crippen LogP contribution < -0.4 is 15.0 Å². The maximum Gasteiger partial charge on any atom is 0.165 e. The number of ether oxygens (including phenoxy) is 1. The average Bonchev–Trinajstić information content (AvgIpc) is 2.71. The quantitative estimate of drug-likeness (QED) is 0.905. The molecule has 1 spiro atoms. The molecule has 2 aliphatic rings. The van der Waals surface area contributed by atoms with E-state index in [1.54, 1.807) is 0 Å². The Morgan fingerprint density at radius 1 is 1.19 bits per heavy atom. The van der Waals surface area contributed by atoms with Crippen LogP contribution in [0.15, 0.2) is 18.2 Å². The molecule has 3 rings (SSSR count). The fourth-order valence-corrected chi connectivity index (χ4v) is 3.75. The van der Waals surface area contributed by atoms with Crippen molar-refractivity contribution in [1.29, 1.82) is 0 Å². The van der Waals surface area contributed by atoms with Gasteiger partial charge >= 0.3 is 0 Å². The summed E-state index contributed by atoms with van der Waals surface area (Å²) in [5.74, 6) is 0.0453. The van der Waals surface area contributed by atoms with Gasteiger partial charge in [-0.1, -0.05) is 19.3 Å². The number of halogens is 1. The molecule has 21 heavy (non-hydrogen) atoms. The fraction of sp³-hybridized carbons (Fsp3) is 0.647. The molecular weight excluding hydrogens is 267 g/mol. The highest BCUT2D eigenvalue weighted by Crippen LogP contribution is 2.33. The van der Waals surface area contributed by atoms with E-state index in [4.69, 9.17) is 4.74 Å². The predicted octanol–water partition coefficient (Wildman–Crippen LogP) is 3.34. The SMILES string of the molecule is COc1cc(N2CCCNC3(CCCCC3)C2)ccc1F. The van der Waals surface area contributed by atoms with Gasteiger partial charge in [0.2, 0.25) is 0 Å². The fourth-order valence-electron chi connectivity index (χ4n) is 3.75. The zero-order valence-electron chi connectivity index (χ0n) is 12.8. The van der Waals surface area contributed by atoms with Crippen molar-refractivity contribution in [3.63, 3.8) is 0 Å². The lowest BCUT2D eigenvalue weighted by molar-refractivity contribution is 0.246. The molecular formula is C17H25FN2O. The third-order valence-electron chi connectivity index (χ3n) is 4.91. The van der Waals surface area contributed by atoms with E-state index in [2.05, 4.69) is 10.2 Å². The third-order valence-corrected chi connectivity index (χ3v) is 4.91. The molecule has 0 amide bonds. The summed E-state index contributed by atoms with van der Waals surface area (Å²) in [7, 11) is 1.52. The summed E-state index contributed by atoms with van der Waals surface area (Å²) in [5, 5.41) is 3.79. The van der Waals surface area contributed by atoms with Crippen LogP contribution >= 0.6 is 0 Å². The van der Waals surface area contributed by atoms with E-state index >= 15 is 0 Å². The van der Waals surface area contributed by atoms with Crippen molar-refractivity contribution in [3.05, 3.63) is 24.0 Å². The second-order valence-corrected chi connectivity index (χ2v) is 6.36. The van der Waals surface area contributed by atoms with Crippen molar-refractivity contribution in [2.75, 3.05) is 31.6 Å². The van der Waals surface area contributed by atoms with Gasteiger partial charge in [0.25, 0.3) is 0 Å². The monoisotopic (exact) mass is 292 g/mol. The highest BCUT2D eigenvalue weighted by molar-refractivity contribution is 5.52. The smallest absolute Gasteiger partial charge is 0.165 e. The molecule has 1 aromatic rings. The highest BCUT2D eigenvalue weighted by atomic mass is 19.1. The van der Waals surface area contributed by atoms with Crippen molar-refractivity contribution in [2.24, 2.45) is 0 Å². The lowest BCUT2D eigenvalue weighted by atomic mass is 9.81. The molecule has 0 atom stereocenters. The second kappa shape index (κ2) is 6.22. The summed E-state index contributed by atoms with van der Waals surface area (Å²) in [4.78, 5) is 2.40. The first-order valence-electron chi connectivity index (χ1n) is 8.06. The van der Waals surface area contributed by atoms with Crippen molar-refractivity contribution >= 4 is 5.69 Å². The summed E-state index contributed by atoms with van der Waals surface area (Å²) in [6, 6.07) is 5.22. The van der Waals surface area contributed by atoms with Gasteiger partial charge in [-0.25, -0.2) is 4.39 Å². The van der Waals surface area contributed by atoms with Gasteiger partial charge in [0, 0.05) is 30.4 Å². The standard InChI is InChI=1S/C17H25FN2O/c1-21-16-12-14(6-7-15(16)18)20-11-5-10-19-17(13-20)8-3-2-4-9-17/h6-7,12,19H,2-5,8-11,13H2,1H3. The molecule has 3 nitrogen and oxygen atoms in total. The molecule has 1 N–H and O–H groups in total. The molecule has 2 fully saturated rings. The van der Waals surface area contributed by atoms with Crippen molar-refractivity contribution < 1.29 is 9.13 Å². The Balaban J connectivity index is 1.83. The van der Waals surface area contributed by atoms with Crippen LogP contribution in [0.3, 0.4) is 0 Å². The topological polar surface area (TPSA) is 24.5 Å². The summed E-state index contributed by atoms with van der Waals surface area (Å²) < 4.78 is 18.7. The van der Waals surface area contributed by atoms with Crippen LogP contribution in [0.5, 0.6) is 5.75 Å². The number of rotatable bonds is 2. The van der Waals surface area contributed by atoms with Gasteiger partial charge in [-0.05, 0) is 37.9 Å². The number of nitrogens with zero attached hydrogens (tertiary/aromatic N) is 1. The lowest BCUT2D eigenvalue weighted by Gasteiger charge is -2.40. The number of anilines is 1. The van der Waals surface area contributed by atoms with Crippen molar-refractivity contribution in [3.8, 4) is 5.75 Å². The first-order valence-corrected chi connectivity index (χ1v) is 8.06. The van der Waals surface area contributed by atoms with E-state index in [0.29, 0.717) is 5.75 Å². The Morgan fingerprint density at radius 3 is 2.76 bits per heavy atom. The number of hydrogen-bond donors (Lipinski definition) is 1. The first-order chi connectivity index (χ1) is 10.2. The van der Waals surface area contributed by atoms with E-state index in [0.717, 1.165) is 31.7 Å². The summed E-state index contributed by atoms with van der Waals surface area (Å²) in [6.45, 7) is 3.11. The molecule has 4 heteroatoms. The molecule has 116 valence electrons. The number of methoxy groups -OCH3 is 1. The normalized spacial score (nSPS) is 22.1. The molecule has 0 radical (unpaired) electrons. The Kier molecular flexibility index (Phi) is 4.34. The van der Waals surface area contributed by atoms with E-state index in [1.165, 1.54) is 45.3 Å². The number of hydrogen-bond acceptors (Lipinski definition) is 3. The number of nitrogens with one attached hydrogen (secondary N) is 1. The van der Waals surface area contributed by atoms with Gasteiger partial charge in [-0.3, -0.25) is 0 Å². The third kappa shape index (κ3) is 3.15. The molecule has 0 aromatic heterocycles. The molecule has 1 saturated heterocycles. The van der Waals surface area contributed by atoms with Crippen LogP contribution in [0.25, 0.3) is 0 Å². The van der Waals surface area contributed by atoms with Gasteiger partial charge < -0.3 is 15.0 Å². The molecule has 0 bridgehead atoms. The minimum Gasteiger partial charge on any atom is -0.494 e. The molecule has 1 heterocycles. The van der Waals surface area contributed by atoms with Crippen LogP contribution in [0.1, 0.15) is 38.5 Å². The zero-order chi connectivity index (χ0) is 14.7. The predicted molar refractivity (Wildman–Crippen MR) is 83.6 cm³/mol. The zero-order valence-corrected chi connectivity index (χ0v) is 12.8. The Morgan fingerprint density at radius 2 is 2.00 bits per heavy atom. The van der Waals surface area contributed by atoms with E-state index < -0.39 is 0 Å². The molecule has 0 unspecified atom stereocenters. The summed E-state index contributed by atoms with van der Waals surface area (Å²) in [5.41, 5.74) is 1.32. The van der Waals surface area contributed by atoms with Crippen molar-refractivity contribution in [1.82, 2.24) is 5.32 Å². The largest absolute Gasteiger partial charge is 0.494 e. The molecule has 1 aromatic carbocycles. The number of benzene rings is 1. The van der Waals surface area contributed by atoms with Gasteiger partial charge in [0.05, 0.1) is 7.11 Å². The molecule has 1 aliphatic carbocycles. The van der Waals surface area contributed by atoms with Gasteiger partial charge in [-0.15, -0.1) is 0 Å². The summed E-state index contributed by atoms with van der Waals surface area (Å²) in [6.07, 6.45) is 7.61. The lowest BCUT2D eigenvalue weighted by Crippen LogP contribution is -2.52. The van der Waals surface area contributed by atoms with Gasteiger partial charge in [0.15, 0.2) is 11.6 Å². The van der Waals surface area contributed by atoms with Crippen LogP contribution in [0.2, 0.25) is 0 Å². The van der Waals surface area contributed by atoms with Crippen LogP contribution in [0, 0.1) is 5.82 Å².